The Labute approximate surface area is 229 Å². The van der Waals surface area contributed by atoms with E-state index >= 15 is 0 Å². The van der Waals surface area contributed by atoms with E-state index in [1.54, 1.807) is 0 Å². The SMILES string of the molecule is Cn1c2c3c4c(cc5c6ccccc6sc5c41)-n1c4ccccc4c4cccc(c41)C3(C)Cc1ccccc1-2. The van der Waals surface area contributed by atoms with Crippen LogP contribution in [0.15, 0.2) is 97.1 Å². The summed E-state index contributed by atoms with van der Waals surface area (Å²) >= 11 is 1.94. The van der Waals surface area contributed by atoms with E-state index in [1.807, 2.05) is 11.3 Å². The Kier molecular flexibility index (Phi) is 3.50. The summed E-state index contributed by atoms with van der Waals surface area (Å²) in [6.45, 7) is 2.50. The van der Waals surface area contributed by atoms with Crippen molar-refractivity contribution in [2.24, 2.45) is 7.05 Å². The molecule has 184 valence electrons. The zero-order chi connectivity index (χ0) is 25.6. The molecule has 0 radical (unpaired) electrons. The third kappa shape index (κ3) is 2.21. The van der Waals surface area contributed by atoms with E-state index in [4.69, 9.17) is 0 Å². The first kappa shape index (κ1) is 20.6. The third-order valence-corrected chi connectivity index (χ3v) is 10.9. The van der Waals surface area contributed by atoms with Crippen LogP contribution in [-0.2, 0) is 18.9 Å². The van der Waals surface area contributed by atoms with Crippen molar-refractivity contribution >= 4 is 64.2 Å². The molecule has 0 fully saturated rings. The van der Waals surface area contributed by atoms with Crippen LogP contribution in [0, 0.1) is 0 Å². The summed E-state index contributed by atoms with van der Waals surface area (Å²) in [5, 5.41) is 6.81. The van der Waals surface area contributed by atoms with Crippen LogP contribution in [0.5, 0.6) is 0 Å². The fourth-order valence-electron chi connectivity index (χ4n) is 8.14. The standard InChI is InChI=1S/C36H24N2S/c1-36-19-20-10-3-4-11-21(20)33-31(36)30-28(18-25-23-13-6-8-17-29(23)39-35(25)34(30)37(33)2)38-27-16-7-5-12-22(27)24-14-9-15-26(36)32(24)38/h3-18H,19H2,1-2H3. The molecule has 1 atom stereocenters. The van der Waals surface area contributed by atoms with Crippen LogP contribution in [0.2, 0.25) is 0 Å². The average Bonchev–Trinajstić information content (AvgIpc) is 3.59. The maximum atomic E-state index is 2.60. The first-order chi connectivity index (χ1) is 19.1. The Bertz CT molecular complexity index is 2400. The molecular formula is C36H24N2S. The van der Waals surface area contributed by atoms with Crippen LogP contribution in [0.1, 0.15) is 23.6 Å². The Balaban J connectivity index is 1.58. The van der Waals surface area contributed by atoms with E-state index in [2.05, 4.69) is 120 Å². The molecule has 0 spiro atoms. The molecule has 8 aromatic rings. The van der Waals surface area contributed by atoms with Gasteiger partial charge in [-0.15, -0.1) is 11.3 Å². The number of aryl methyl sites for hydroxylation is 1. The van der Waals surface area contributed by atoms with Gasteiger partial charge in [-0.3, -0.25) is 0 Å². The number of nitrogens with zero attached hydrogens (tertiary/aromatic N) is 2. The number of thiophene rings is 1. The van der Waals surface area contributed by atoms with E-state index in [0.717, 1.165) is 6.42 Å². The van der Waals surface area contributed by atoms with Crippen LogP contribution in [0.25, 0.3) is 69.8 Å². The molecule has 3 heteroatoms. The zero-order valence-corrected chi connectivity index (χ0v) is 22.6. The lowest BCUT2D eigenvalue weighted by atomic mass is 9.66. The lowest BCUT2D eigenvalue weighted by Gasteiger charge is -2.36. The number of benzene rings is 5. The van der Waals surface area contributed by atoms with Crippen LogP contribution in [0.3, 0.4) is 0 Å². The topological polar surface area (TPSA) is 9.86 Å². The molecule has 10 rings (SSSR count). The second-order valence-corrected chi connectivity index (χ2v) is 12.6. The molecule has 1 unspecified atom stereocenters. The van der Waals surface area contributed by atoms with E-state index in [-0.39, 0.29) is 5.41 Å². The lowest BCUT2D eigenvalue weighted by molar-refractivity contribution is 0.568. The fraction of sp³-hybridized carbons (Fsp3) is 0.111. The van der Waals surface area contributed by atoms with Crippen LogP contribution < -0.4 is 0 Å². The van der Waals surface area contributed by atoms with Crippen molar-refractivity contribution in [3.05, 3.63) is 114 Å². The van der Waals surface area contributed by atoms with Crippen molar-refractivity contribution < 1.29 is 0 Å². The van der Waals surface area contributed by atoms with Crippen molar-refractivity contribution in [3.8, 4) is 16.9 Å². The van der Waals surface area contributed by atoms with Crippen molar-refractivity contribution in [2.45, 2.75) is 18.8 Å². The molecule has 3 aromatic heterocycles. The third-order valence-electron chi connectivity index (χ3n) is 9.68. The van der Waals surface area contributed by atoms with Gasteiger partial charge in [-0.25, -0.2) is 0 Å². The Hall–Kier alpha value is -4.34. The van der Waals surface area contributed by atoms with Gasteiger partial charge in [-0.1, -0.05) is 85.8 Å². The van der Waals surface area contributed by atoms with E-state index in [1.165, 1.54) is 86.5 Å². The van der Waals surface area contributed by atoms with Crippen LogP contribution in [0.4, 0.5) is 0 Å². The largest absolute Gasteiger partial charge is 0.342 e. The van der Waals surface area contributed by atoms with Crippen LogP contribution >= 0.6 is 11.3 Å². The molecule has 0 amide bonds. The van der Waals surface area contributed by atoms with Gasteiger partial charge in [-0.2, -0.15) is 0 Å². The van der Waals surface area contributed by atoms with Gasteiger partial charge in [0.15, 0.2) is 0 Å². The summed E-state index contributed by atoms with van der Waals surface area (Å²) in [5.74, 6) is 0. The molecule has 39 heavy (non-hydrogen) atoms. The second kappa shape index (κ2) is 6.62. The predicted octanol–water partition coefficient (Wildman–Crippen LogP) is 9.49. The molecule has 1 aliphatic carbocycles. The molecule has 1 aliphatic heterocycles. The van der Waals surface area contributed by atoms with E-state index in [0.29, 0.717) is 0 Å². The molecule has 2 nitrogen and oxygen atoms in total. The number of para-hydroxylation sites is 2. The normalized spacial score (nSPS) is 17.5. The predicted molar refractivity (Wildman–Crippen MR) is 166 cm³/mol. The quantitative estimate of drug-likeness (QED) is 0.190. The number of fused-ring (bicyclic) bond motifs is 11. The summed E-state index contributed by atoms with van der Waals surface area (Å²) in [7, 11) is 2.30. The van der Waals surface area contributed by atoms with Gasteiger partial charge in [0.1, 0.15) is 0 Å². The maximum Gasteiger partial charge on any atom is 0.0688 e. The highest BCUT2D eigenvalue weighted by atomic mass is 32.1. The van der Waals surface area contributed by atoms with Gasteiger partial charge in [0, 0.05) is 49.7 Å². The minimum Gasteiger partial charge on any atom is -0.342 e. The highest BCUT2D eigenvalue weighted by Gasteiger charge is 2.44. The van der Waals surface area contributed by atoms with Crippen molar-refractivity contribution in [1.29, 1.82) is 0 Å². The summed E-state index contributed by atoms with van der Waals surface area (Å²) in [6, 6.07) is 36.5. The van der Waals surface area contributed by atoms with Crippen molar-refractivity contribution in [2.75, 3.05) is 0 Å². The first-order valence-corrected chi connectivity index (χ1v) is 14.6. The fourth-order valence-corrected chi connectivity index (χ4v) is 9.41. The molecule has 0 bridgehead atoms. The average molecular weight is 517 g/mol. The minimum absolute atomic E-state index is 0.148. The number of aromatic nitrogens is 2. The summed E-state index contributed by atoms with van der Waals surface area (Å²) < 4.78 is 7.88. The van der Waals surface area contributed by atoms with E-state index in [9.17, 15) is 0 Å². The number of hydrogen-bond acceptors (Lipinski definition) is 1. The lowest BCUT2D eigenvalue weighted by Crippen LogP contribution is -2.30. The first-order valence-electron chi connectivity index (χ1n) is 13.7. The smallest absolute Gasteiger partial charge is 0.0688 e. The monoisotopic (exact) mass is 516 g/mol. The molecule has 0 saturated carbocycles. The van der Waals surface area contributed by atoms with Gasteiger partial charge in [-0.05, 0) is 41.3 Å². The van der Waals surface area contributed by atoms with Gasteiger partial charge < -0.3 is 9.13 Å². The molecule has 5 aromatic carbocycles. The highest BCUT2D eigenvalue weighted by Crippen LogP contribution is 2.57. The molecular weight excluding hydrogens is 492 g/mol. The summed E-state index contributed by atoms with van der Waals surface area (Å²) in [4.78, 5) is 0. The van der Waals surface area contributed by atoms with Crippen LogP contribution in [-0.4, -0.2) is 9.13 Å². The Morgan fingerprint density at radius 3 is 2.44 bits per heavy atom. The van der Waals surface area contributed by atoms with Gasteiger partial charge in [0.25, 0.3) is 0 Å². The van der Waals surface area contributed by atoms with E-state index < -0.39 is 0 Å². The Morgan fingerprint density at radius 2 is 1.51 bits per heavy atom. The van der Waals surface area contributed by atoms with Gasteiger partial charge >= 0.3 is 0 Å². The molecule has 2 aliphatic rings. The number of hydrogen-bond donors (Lipinski definition) is 0. The molecule has 4 heterocycles. The molecule has 0 saturated heterocycles. The van der Waals surface area contributed by atoms with Gasteiger partial charge in [0.05, 0.1) is 32.6 Å². The number of rotatable bonds is 0. The Morgan fingerprint density at radius 1 is 0.744 bits per heavy atom. The maximum absolute atomic E-state index is 2.60. The molecule has 0 N–H and O–H groups in total. The summed E-state index contributed by atoms with van der Waals surface area (Å²) in [6.07, 6.45) is 1.000. The highest BCUT2D eigenvalue weighted by molar-refractivity contribution is 7.26. The second-order valence-electron chi connectivity index (χ2n) is 11.6. The van der Waals surface area contributed by atoms with Gasteiger partial charge in [0.2, 0.25) is 0 Å². The summed E-state index contributed by atoms with van der Waals surface area (Å²) in [5.41, 5.74) is 12.3. The zero-order valence-electron chi connectivity index (χ0n) is 21.7. The van der Waals surface area contributed by atoms with Crippen molar-refractivity contribution in [3.63, 3.8) is 0 Å². The van der Waals surface area contributed by atoms with Crippen molar-refractivity contribution in [1.82, 2.24) is 9.13 Å². The minimum atomic E-state index is -0.148.